The van der Waals surface area contributed by atoms with E-state index in [0.717, 1.165) is 33.0 Å². The molecule has 0 spiro atoms. The number of benzene rings is 2. The second kappa shape index (κ2) is 5.85. The van der Waals surface area contributed by atoms with Crippen molar-refractivity contribution in [2.75, 3.05) is 7.11 Å². The third kappa shape index (κ3) is 3.05. The van der Waals surface area contributed by atoms with Crippen molar-refractivity contribution in [3.63, 3.8) is 0 Å². The molecule has 0 fully saturated rings. The lowest BCUT2D eigenvalue weighted by Crippen LogP contribution is -1.98. The molecule has 1 atom stereocenters. The van der Waals surface area contributed by atoms with Crippen molar-refractivity contribution in [3.05, 3.63) is 63.7 Å². The van der Waals surface area contributed by atoms with E-state index in [-0.39, 0.29) is 5.38 Å². The van der Waals surface area contributed by atoms with Crippen LogP contribution >= 0.6 is 23.2 Å². The Morgan fingerprint density at radius 1 is 1.00 bits per heavy atom. The zero-order valence-electron chi connectivity index (χ0n) is 11.2. The Hall–Kier alpha value is -1.18. The first-order chi connectivity index (χ1) is 9.02. The van der Waals surface area contributed by atoms with Crippen LogP contribution < -0.4 is 4.74 Å². The quantitative estimate of drug-likeness (QED) is 0.699. The van der Waals surface area contributed by atoms with Crippen molar-refractivity contribution < 1.29 is 4.74 Å². The minimum Gasteiger partial charge on any atom is -0.496 e. The van der Waals surface area contributed by atoms with Gasteiger partial charge in [-0.15, -0.1) is 11.6 Å². The molecule has 0 saturated heterocycles. The Morgan fingerprint density at radius 3 is 2.32 bits per heavy atom. The molecule has 0 heterocycles. The Balaban J connectivity index is 2.38. The molecule has 0 aliphatic heterocycles. The van der Waals surface area contributed by atoms with Gasteiger partial charge in [0.1, 0.15) is 5.75 Å². The molecule has 0 bridgehead atoms. The SMILES string of the molecule is COc1ccc(C(Cl)c2ccc(Cl)cc2C)cc1C. The molecule has 0 saturated carbocycles. The highest BCUT2D eigenvalue weighted by Gasteiger charge is 2.14. The first-order valence-electron chi connectivity index (χ1n) is 6.07. The molecule has 0 aromatic heterocycles. The summed E-state index contributed by atoms with van der Waals surface area (Å²) in [6, 6.07) is 11.8. The molecule has 0 N–H and O–H groups in total. The van der Waals surface area contributed by atoms with E-state index in [1.165, 1.54) is 0 Å². The fraction of sp³-hybridized carbons (Fsp3) is 0.250. The van der Waals surface area contributed by atoms with Gasteiger partial charge in [0.25, 0.3) is 0 Å². The van der Waals surface area contributed by atoms with Gasteiger partial charge in [0.2, 0.25) is 0 Å². The predicted molar refractivity (Wildman–Crippen MR) is 81.6 cm³/mol. The molecule has 1 unspecified atom stereocenters. The van der Waals surface area contributed by atoms with Crippen molar-refractivity contribution in [1.29, 1.82) is 0 Å². The van der Waals surface area contributed by atoms with Crippen LogP contribution in [0.2, 0.25) is 5.02 Å². The monoisotopic (exact) mass is 294 g/mol. The van der Waals surface area contributed by atoms with Crippen LogP contribution in [0.3, 0.4) is 0 Å². The molecule has 0 radical (unpaired) electrons. The molecule has 2 aromatic carbocycles. The first-order valence-corrected chi connectivity index (χ1v) is 6.89. The largest absolute Gasteiger partial charge is 0.496 e. The zero-order valence-corrected chi connectivity index (χ0v) is 12.7. The summed E-state index contributed by atoms with van der Waals surface area (Å²) < 4.78 is 5.26. The summed E-state index contributed by atoms with van der Waals surface area (Å²) in [6.45, 7) is 4.04. The third-order valence-electron chi connectivity index (χ3n) is 3.22. The number of halogens is 2. The van der Waals surface area contributed by atoms with Gasteiger partial charge in [-0.2, -0.15) is 0 Å². The topological polar surface area (TPSA) is 9.23 Å². The van der Waals surface area contributed by atoms with Crippen LogP contribution in [-0.2, 0) is 0 Å². The summed E-state index contributed by atoms with van der Waals surface area (Å²) in [5, 5.41) is 0.554. The number of rotatable bonds is 3. The van der Waals surface area contributed by atoms with Crippen LogP contribution in [0.1, 0.15) is 27.6 Å². The number of hydrogen-bond acceptors (Lipinski definition) is 1. The summed E-state index contributed by atoms with van der Waals surface area (Å²) in [6.07, 6.45) is 0. The minimum absolute atomic E-state index is 0.179. The lowest BCUT2D eigenvalue weighted by atomic mass is 9.98. The third-order valence-corrected chi connectivity index (χ3v) is 3.94. The van der Waals surface area contributed by atoms with Gasteiger partial charge in [-0.3, -0.25) is 0 Å². The maximum absolute atomic E-state index is 6.57. The van der Waals surface area contributed by atoms with E-state index in [4.69, 9.17) is 27.9 Å². The second-order valence-electron chi connectivity index (χ2n) is 4.59. The van der Waals surface area contributed by atoms with Gasteiger partial charge >= 0.3 is 0 Å². The Labute approximate surface area is 124 Å². The highest BCUT2D eigenvalue weighted by Crippen LogP contribution is 2.34. The fourth-order valence-corrected chi connectivity index (χ4v) is 2.77. The molecule has 3 heteroatoms. The Kier molecular flexibility index (Phi) is 4.38. The van der Waals surface area contributed by atoms with Crippen molar-refractivity contribution in [1.82, 2.24) is 0 Å². The Morgan fingerprint density at radius 2 is 1.74 bits per heavy atom. The molecular weight excluding hydrogens is 279 g/mol. The van der Waals surface area contributed by atoms with E-state index < -0.39 is 0 Å². The van der Waals surface area contributed by atoms with Crippen LogP contribution in [0, 0.1) is 13.8 Å². The predicted octanol–water partition coefficient (Wildman–Crippen LogP) is 5.29. The van der Waals surface area contributed by atoms with Gasteiger partial charge in [-0.1, -0.05) is 29.8 Å². The van der Waals surface area contributed by atoms with Crippen molar-refractivity contribution in [2.45, 2.75) is 19.2 Å². The summed E-state index contributed by atoms with van der Waals surface area (Å²) in [5.74, 6) is 0.875. The molecule has 0 amide bonds. The van der Waals surface area contributed by atoms with Gasteiger partial charge in [0.05, 0.1) is 12.5 Å². The summed E-state index contributed by atoms with van der Waals surface area (Å²) >= 11 is 12.5. The molecule has 1 nitrogen and oxygen atoms in total. The number of alkyl halides is 1. The lowest BCUT2D eigenvalue weighted by molar-refractivity contribution is 0.411. The van der Waals surface area contributed by atoms with Crippen LogP contribution in [0.5, 0.6) is 5.75 Å². The number of ether oxygens (including phenoxy) is 1. The van der Waals surface area contributed by atoms with Gasteiger partial charge in [0.15, 0.2) is 0 Å². The van der Waals surface area contributed by atoms with Gasteiger partial charge in [-0.05, 0) is 54.3 Å². The molecule has 0 aliphatic rings. The molecule has 100 valence electrons. The van der Waals surface area contributed by atoms with Crippen LogP contribution in [0.25, 0.3) is 0 Å². The van der Waals surface area contributed by atoms with Gasteiger partial charge < -0.3 is 4.74 Å². The van der Waals surface area contributed by atoms with Gasteiger partial charge in [0, 0.05) is 5.02 Å². The standard InChI is InChI=1S/C16H16Cl2O/c1-10-9-13(17)5-6-14(10)16(18)12-4-7-15(19-3)11(2)8-12/h4-9,16H,1-3H3. The first kappa shape index (κ1) is 14.2. The van der Waals surface area contributed by atoms with E-state index in [2.05, 4.69) is 6.07 Å². The smallest absolute Gasteiger partial charge is 0.121 e. The number of aryl methyl sites for hydroxylation is 2. The summed E-state index contributed by atoms with van der Waals surface area (Å²) in [4.78, 5) is 0. The maximum atomic E-state index is 6.57. The highest BCUT2D eigenvalue weighted by atomic mass is 35.5. The van der Waals surface area contributed by atoms with Crippen molar-refractivity contribution in [2.24, 2.45) is 0 Å². The average molecular weight is 295 g/mol. The highest BCUT2D eigenvalue weighted by molar-refractivity contribution is 6.30. The number of hydrogen-bond donors (Lipinski definition) is 0. The lowest BCUT2D eigenvalue weighted by Gasteiger charge is -2.15. The fourth-order valence-electron chi connectivity index (χ4n) is 2.16. The van der Waals surface area contributed by atoms with E-state index in [9.17, 15) is 0 Å². The minimum atomic E-state index is -0.179. The summed E-state index contributed by atoms with van der Waals surface area (Å²) in [5.41, 5.74) is 4.32. The average Bonchev–Trinajstić information content (AvgIpc) is 2.38. The Bertz CT molecular complexity index is 593. The van der Waals surface area contributed by atoms with E-state index in [0.29, 0.717) is 0 Å². The zero-order chi connectivity index (χ0) is 14.0. The normalized spacial score (nSPS) is 12.3. The molecular formula is C16H16Cl2O. The van der Waals surface area contributed by atoms with Crippen molar-refractivity contribution >= 4 is 23.2 Å². The van der Waals surface area contributed by atoms with Gasteiger partial charge in [-0.25, -0.2) is 0 Å². The van der Waals surface area contributed by atoms with Crippen LogP contribution in [0.4, 0.5) is 0 Å². The molecule has 2 rings (SSSR count). The summed E-state index contributed by atoms with van der Waals surface area (Å²) in [7, 11) is 1.67. The van der Waals surface area contributed by atoms with E-state index in [1.54, 1.807) is 7.11 Å². The van der Waals surface area contributed by atoms with E-state index in [1.807, 2.05) is 44.2 Å². The van der Waals surface area contributed by atoms with Crippen LogP contribution in [0.15, 0.2) is 36.4 Å². The molecule has 0 aliphatic carbocycles. The number of methoxy groups -OCH3 is 1. The molecule has 2 aromatic rings. The second-order valence-corrected chi connectivity index (χ2v) is 5.47. The van der Waals surface area contributed by atoms with Crippen molar-refractivity contribution in [3.8, 4) is 5.75 Å². The van der Waals surface area contributed by atoms with Crippen LogP contribution in [-0.4, -0.2) is 7.11 Å². The maximum Gasteiger partial charge on any atom is 0.121 e. The molecule has 19 heavy (non-hydrogen) atoms. The van der Waals surface area contributed by atoms with E-state index >= 15 is 0 Å².